The van der Waals surface area contributed by atoms with Crippen molar-refractivity contribution in [2.24, 2.45) is 5.92 Å². The lowest BCUT2D eigenvalue weighted by molar-refractivity contribution is 0.237. The molecule has 3 nitrogen and oxygen atoms in total. The third-order valence-electron chi connectivity index (χ3n) is 3.63. The zero-order chi connectivity index (χ0) is 15.5. The van der Waals surface area contributed by atoms with Crippen molar-refractivity contribution in [1.82, 2.24) is 10.2 Å². The summed E-state index contributed by atoms with van der Waals surface area (Å²) < 4.78 is 5.73. The number of hydrogen-bond acceptors (Lipinski definition) is 3. The van der Waals surface area contributed by atoms with Gasteiger partial charge in [-0.15, -0.1) is 0 Å². The van der Waals surface area contributed by atoms with E-state index in [0.717, 1.165) is 25.4 Å². The third-order valence-corrected chi connectivity index (χ3v) is 3.63. The summed E-state index contributed by atoms with van der Waals surface area (Å²) in [6.07, 6.45) is 6.96. The molecular formula is C18H34N2O. The van der Waals surface area contributed by atoms with Crippen LogP contribution >= 0.6 is 0 Å². The van der Waals surface area contributed by atoms with E-state index in [1.165, 1.54) is 44.3 Å². The fourth-order valence-corrected chi connectivity index (χ4v) is 2.36. The topological polar surface area (TPSA) is 28.4 Å². The fourth-order valence-electron chi connectivity index (χ4n) is 2.36. The van der Waals surface area contributed by atoms with Gasteiger partial charge in [0, 0.05) is 12.1 Å². The highest BCUT2D eigenvalue weighted by Crippen LogP contribution is 2.12. The lowest BCUT2D eigenvalue weighted by atomic mass is 10.2. The molecule has 0 aromatic carbocycles. The first-order chi connectivity index (χ1) is 10.2. The van der Waals surface area contributed by atoms with Crippen LogP contribution in [0, 0.1) is 5.92 Å². The van der Waals surface area contributed by atoms with E-state index in [9.17, 15) is 0 Å². The van der Waals surface area contributed by atoms with Crippen LogP contribution in [0.5, 0.6) is 0 Å². The molecule has 21 heavy (non-hydrogen) atoms. The van der Waals surface area contributed by atoms with E-state index in [1.807, 2.05) is 6.26 Å². The molecule has 0 unspecified atom stereocenters. The van der Waals surface area contributed by atoms with E-state index in [-0.39, 0.29) is 0 Å². The Morgan fingerprint density at radius 1 is 1.14 bits per heavy atom. The van der Waals surface area contributed by atoms with Gasteiger partial charge >= 0.3 is 0 Å². The Morgan fingerprint density at radius 3 is 2.38 bits per heavy atom. The number of furan rings is 1. The normalized spacial score (nSPS) is 11.7. The lowest BCUT2D eigenvalue weighted by Gasteiger charge is -2.20. The Bertz CT molecular complexity index is 352. The Hall–Kier alpha value is -0.800. The summed E-state index contributed by atoms with van der Waals surface area (Å²) in [5.74, 6) is 1.79. The quantitative estimate of drug-likeness (QED) is 0.618. The maximum absolute atomic E-state index is 5.73. The smallest absolute Gasteiger partial charge is 0.118 e. The Labute approximate surface area is 131 Å². The van der Waals surface area contributed by atoms with Crippen LogP contribution in [0.15, 0.2) is 16.7 Å². The Morgan fingerprint density at radius 2 is 1.81 bits per heavy atom. The Kier molecular flexibility index (Phi) is 9.44. The average molecular weight is 294 g/mol. The maximum Gasteiger partial charge on any atom is 0.118 e. The number of unbranched alkanes of at least 4 members (excludes halogenated alkanes) is 2. The highest BCUT2D eigenvalue weighted by molar-refractivity contribution is 5.12. The zero-order valence-corrected chi connectivity index (χ0v) is 14.5. The SMILES string of the molecule is CCCCN(CCCC)Cc1cc(CNCC(C)C)co1. The van der Waals surface area contributed by atoms with Crippen LogP contribution in [0.3, 0.4) is 0 Å². The van der Waals surface area contributed by atoms with E-state index >= 15 is 0 Å². The average Bonchev–Trinajstić information content (AvgIpc) is 2.89. The van der Waals surface area contributed by atoms with Crippen molar-refractivity contribution in [2.75, 3.05) is 19.6 Å². The van der Waals surface area contributed by atoms with Crippen molar-refractivity contribution in [3.63, 3.8) is 0 Å². The van der Waals surface area contributed by atoms with E-state index < -0.39 is 0 Å². The molecule has 0 atom stereocenters. The van der Waals surface area contributed by atoms with Gasteiger partial charge < -0.3 is 9.73 Å². The number of nitrogens with one attached hydrogen (secondary N) is 1. The number of nitrogens with zero attached hydrogens (tertiary/aromatic N) is 1. The minimum Gasteiger partial charge on any atom is -0.468 e. The van der Waals surface area contributed by atoms with Gasteiger partial charge in [0.15, 0.2) is 0 Å². The van der Waals surface area contributed by atoms with Gasteiger partial charge in [0.05, 0.1) is 12.8 Å². The predicted molar refractivity (Wildman–Crippen MR) is 90.3 cm³/mol. The maximum atomic E-state index is 5.73. The van der Waals surface area contributed by atoms with Gasteiger partial charge in [-0.2, -0.15) is 0 Å². The van der Waals surface area contributed by atoms with Crippen LogP contribution in [0.2, 0.25) is 0 Å². The molecule has 1 aromatic heterocycles. The largest absolute Gasteiger partial charge is 0.468 e. The van der Waals surface area contributed by atoms with Crippen LogP contribution in [0.4, 0.5) is 0 Å². The second-order valence-corrected chi connectivity index (χ2v) is 6.43. The zero-order valence-electron chi connectivity index (χ0n) is 14.5. The van der Waals surface area contributed by atoms with E-state index in [2.05, 4.69) is 44.0 Å². The summed E-state index contributed by atoms with van der Waals surface area (Å²) in [6, 6.07) is 2.21. The molecule has 3 heteroatoms. The molecular weight excluding hydrogens is 260 g/mol. The lowest BCUT2D eigenvalue weighted by Crippen LogP contribution is -2.25. The summed E-state index contributed by atoms with van der Waals surface area (Å²) in [6.45, 7) is 14.2. The van der Waals surface area contributed by atoms with Crippen molar-refractivity contribution >= 4 is 0 Å². The molecule has 1 N–H and O–H groups in total. The summed E-state index contributed by atoms with van der Waals surface area (Å²) in [5, 5.41) is 3.46. The minimum atomic E-state index is 0.690. The second kappa shape index (κ2) is 10.9. The van der Waals surface area contributed by atoms with Crippen molar-refractivity contribution in [1.29, 1.82) is 0 Å². The molecule has 0 radical (unpaired) electrons. The van der Waals surface area contributed by atoms with Crippen molar-refractivity contribution in [2.45, 2.75) is 66.5 Å². The standard InChI is InChI=1S/C18H34N2O/c1-5-7-9-20(10-8-6-2)14-18-11-17(15-21-18)13-19-12-16(3)4/h11,15-16,19H,5-10,12-14H2,1-4H3. The van der Waals surface area contributed by atoms with Gasteiger partial charge in [0.1, 0.15) is 5.76 Å². The van der Waals surface area contributed by atoms with Crippen LogP contribution in [-0.4, -0.2) is 24.5 Å². The summed E-state index contributed by atoms with van der Waals surface area (Å²) in [4.78, 5) is 2.52. The monoisotopic (exact) mass is 294 g/mol. The highest BCUT2D eigenvalue weighted by Gasteiger charge is 2.09. The first-order valence-electron chi connectivity index (χ1n) is 8.65. The van der Waals surface area contributed by atoms with Crippen molar-refractivity contribution in [3.8, 4) is 0 Å². The van der Waals surface area contributed by atoms with Crippen LogP contribution in [0.25, 0.3) is 0 Å². The molecule has 0 saturated heterocycles. The summed E-state index contributed by atoms with van der Waals surface area (Å²) in [5.41, 5.74) is 1.26. The first kappa shape index (κ1) is 18.2. The molecule has 0 spiro atoms. The van der Waals surface area contributed by atoms with Gasteiger partial charge in [-0.05, 0) is 44.5 Å². The molecule has 0 aliphatic rings. The molecule has 0 aliphatic carbocycles. The van der Waals surface area contributed by atoms with E-state index in [1.54, 1.807) is 0 Å². The molecule has 1 aromatic rings. The molecule has 0 bridgehead atoms. The van der Waals surface area contributed by atoms with Crippen molar-refractivity contribution < 1.29 is 4.42 Å². The number of hydrogen-bond donors (Lipinski definition) is 1. The second-order valence-electron chi connectivity index (χ2n) is 6.43. The third kappa shape index (κ3) is 8.27. The fraction of sp³-hybridized carbons (Fsp3) is 0.778. The summed E-state index contributed by atoms with van der Waals surface area (Å²) >= 11 is 0. The van der Waals surface area contributed by atoms with Crippen LogP contribution < -0.4 is 5.32 Å². The van der Waals surface area contributed by atoms with E-state index in [4.69, 9.17) is 4.42 Å². The van der Waals surface area contributed by atoms with E-state index in [0.29, 0.717) is 5.92 Å². The van der Waals surface area contributed by atoms with Gasteiger partial charge in [0.2, 0.25) is 0 Å². The molecule has 0 fully saturated rings. The number of rotatable bonds is 12. The van der Waals surface area contributed by atoms with Crippen LogP contribution in [-0.2, 0) is 13.1 Å². The van der Waals surface area contributed by atoms with Gasteiger partial charge in [0.25, 0.3) is 0 Å². The molecule has 1 heterocycles. The summed E-state index contributed by atoms with van der Waals surface area (Å²) in [7, 11) is 0. The molecule has 1 rings (SSSR count). The predicted octanol–water partition coefficient (Wildman–Crippen LogP) is 4.43. The Balaban J connectivity index is 2.41. The molecule has 122 valence electrons. The molecule has 0 saturated carbocycles. The molecule has 0 aliphatic heterocycles. The molecule has 0 amide bonds. The first-order valence-corrected chi connectivity index (χ1v) is 8.65. The van der Waals surface area contributed by atoms with Crippen LogP contribution in [0.1, 0.15) is 64.7 Å². The van der Waals surface area contributed by atoms with Gasteiger partial charge in [-0.1, -0.05) is 40.5 Å². The van der Waals surface area contributed by atoms with Crippen molar-refractivity contribution in [3.05, 3.63) is 23.7 Å². The highest BCUT2D eigenvalue weighted by atomic mass is 16.3. The van der Waals surface area contributed by atoms with Gasteiger partial charge in [-0.3, -0.25) is 4.90 Å². The minimum absolute atomic E-state index is 0.690. The van der Waals surface area contributed by atoms with Gasteiger partial charge in [-0.25, -0.2) is 0 Å².